The van der Waals surface area contributed by atoms with E-state index in [0.29, 0.717) is 13.1 Å². The molecule has 0 spiro atoms. The van der Waals surface area contributed by atoms with Crippen molar-refractivity contribution in [3.63, 3.8) is 0 Å². The molecule has 160 valence electrons. The Kier molecular flexibility index (Phi) is 7.11. The van der Waals surface area contributed by atoms with Crippen LogP contribution in [0.4, 0.5) is 14.9 Å². The number of hydroxylamine groups is 2. The molecule has 1 heterocycles. The molecule has 1 aromatic carbocycles. The number of amides is 2. The molecule has 3 N–H and O–H groups in total. The number of piperazine rings is 1. The largest absolute Gasteiger partial charge is 0.369 e. The van der Waals surface area contributed by atoms with Gasteiger partial charge in [0.15, 0.2) is 0 Å². The van der Waals surface area contributed by atoms with Crippen LogP contribution in [-0.2, 0) is 10.0 Å². The maximum atomic E-state index is 13.1. The van der Waals surface area contributed by atoms with Crippen molar-refractivity contribution in [3.05, 3.63) is 30.1 Å². The molecule has 1 atom stereocenters. The van der Waals surface area contributed by atoms with Crippen LogP contribution in [0.2, 0.25) is 0 Å². The maximum Gasteiger partial charge on any atom is 0.338 e. The molecule has 0 aliphatic carbocycles. The SMILES string of the molecule is C#CCC(C)(C)C(CS(=O)(=O)N1CCN(c2ccc(F)cc2)CC1)N(O)C(N)=O. The second-order valence-corrected chi connectivity index (χ2v) is 9.72. The molecule has 0 aromatic heterocycles. The summed E-state index contributed by atoms with van der Waals surface area (Å²) in [5.74, 6) is 1.61. The number of urea groups is 1. The van der Waals surface area contributed by atoms with Gasteiger partial charge in [0.05, 0.1) is 11.8 Å². The second kappa shape index (κ2) is 8.98. The minimum Gasteiger partial charge on any atom is -0.369 e. The Hall–Kier alpha value is -2.35. The Balaban J connectivity index is 2.12. The van der Waals surface area contributed by atoms with Gasteiger partial charge < -0.3 is 10.6 Å². The van der Waals surface area contributed by atoms with Gasteiger partial charge in [-0.2, -0.15) is 4.31 Å². The minimum atomic E-state index is -3.81. The van der Waals surface area contributed by atoms with Crippen LogP contribution < -0.4 is 10.6 Å². The third-order valence-electron chi connectivity index (χ3n) is 5.17. The van der Waals surface area contributed by atoms with E-state index in [2.05, 4.69) is 5.92 Å². The van der Waals surface area contributed by atoms with E-state index in [1.165, 1.54) is 16.4 Å². The van der Waals surface area contributed by atoms with Gasteiger partial charge in [-0.05, 0) is 29.7 Å². The van der Waals surface area contributed by atoms with Gasteiger partial charge in [0, 0.05) is 38.3 Å². The predicted molar refractivity (Wildman–Crippen MR) is 108 cm³/mol. The second-order valence-electron chi connectivity index (χ2n) is 7.71. The van der Waals surface area contributed by atoms with Crippen LogP contribution in [0.1, 0.15) is 20.3 Å². The molecule has 1 aliphatic heterocycles. The Morgan fingerprint density at radius 1 is 1.31 bits per heavy atom. The summed E-state index contributed by atoms with van der Waals surface area (Å²) >= 11 is 0. The number of sulfonamides is 1. The molecule has 1 saturated heterocycles. The summed E-state index contributed by atoms with van der Waals surface area (Å²) in [6, 6.07) is 3.77. The number of nitrogens with two attached hydrogens (primary N) is 1. The van der Waals surface area contributed by atoms with Crippen molar-refractivity contribution < 1.29 is 22.8 Å². The number of hydrogen-bond acceptors (Lipinski definition) is 5. The maximum absolute atomic E-state index is 13.1. The van der Waals surface area contributed by atoms with Gasteiger partial charge in [0.1, 0.15) is 5.82 Å². The van der Waals surface area contributed by atoms with E-state index in [9.17, 15) is 22.8 Å². The molecule has 29 heavy (non-hydrogen) atoms. The third kappa shape index (κ3) is 5.59. The summed E-state index contributed by atoms with van der Waals surface area (Å²) in [7, 11) is -3.81. The van der Waals surface area contributed by atoms with Crippen LogP contribution >= 0.6 is 0 Å². The lowest BCUT2D eigenvalue weighted by atomic mass is 9.82. The smallest absolute Gasteiger partial charge is 0.338 e. The summed E-state index contributed by atoms with van der Waals surface area (Å²) in [6.45, 7) is 4.66. The quantitative estimate of drug-likeness (QED) is 0.390. The summed E-state index contributed by atoms with van der Waals surface area (Å²) in [4.78, 5) is 13.4. The fraction of sp³-hybridized carbons (Fsp3) is 0.526. The van der Waals surface area contributed by atoms with E-state index in [-0.39, 0.29) is 30.4 Å². The lowest BCUT2D eigenvalue weighted by Gasteiger charge is -2.39. The standard InChI is InChI=1S/C19H27FN4O4S/c1-4-9-19(2,3)17(24(26)18(21)25)14-29(27,28)23-12-10-22(11-13-23)16-7-5-15(20)6-8-16/h1,5-8,17,26H,9-14H2,2-3H3,(H2,21,25). The normalized spacial score (nSPS) is 16.9. The Morgan fingerprint density at radius 2 is 1.86 bits per heavy atom. The summed E-state index contributed by atoms with van der Waals surface area (Å²) in [6.07, 6.45) is 5.51. The monoisotopic (exact) mass is 426 g/mol. The summed E-state index contributed by atoms with van der Waals surface area (Å²) in [5.41, 5.74) is 5.10. The van der Waals surface area contributed by atoms with Crippen molar-refractivity contribution in [3.8, 4) is 12.3 Å². The number of anilines is 1. The topological polar surface area (TPSA) is 107 Å². The van der Waals surface area contributed by atoms with Crippen LogP contribution in [0.5, 0.6) is 0 Å². The molecule has 0 saturated carbocycles. The number of hydrogen-bond donors (Lipinski definition) is 2. The number of carbonyl (C=O) groups excluding carboxylic acids is 1. The Bertz CT molecular complexity index is 859. The number of rotatable bonds is 7. The van der Waals surface area contributed by atoms with Gasteiger partial charge in [-0.1, -0.05) is 13.8 Å². The van der Waals surface area contributed by atoms with E-state index >= 15 is 0 Å². The van der Waals surface area contributed by atoms with E-state index in [1.807, 2.05) is 4.90 Å². The molecule has 10 heteroatoms. The first-order valence-corrected chi connectivity index (χ1v) is 10.8. The van der Waals surface area contributed by atoms with Gasteiger partial charge in [-0.3, -0.25) is 5.21 Å². The molecule has 0 radical (unpaired) electrons. The molecule has 2 amide bonds. The highest BCUT2D eigenvalue weighted by atomic mass is 32.2. The molecule has 1 fully saturated rings. The van der Waals surface area contributed by atoms with Crippen LogP contribution in [0, 0.1) is 23.6 Å². The number of nitrogens with zero attached hydrogens (tertiary/aromatic N) is 3. The average molecular weight is 427 g/mol. The number of carbonyl (C=O) groups is 1. The van der Waals surface area contributed by atoms with Crippen LogP contribution in [0.3, 0.4) is 0 Å². The number of primary amides is 1. The van der Waals surface area contributed by atoms with Crippen LogP contribution in [0.25, 0.3) is 0 Å². The fourth-order valence-corrected chi connectivity index (χ4v) is 5.26. The van der Waals surface area contributed by atoms with Crippen molar-refractivity contribution in [2.45, 2.75) is 26.3 Å². The van der Waals surface area contributed by atoms with Gasteiger partial charge >= 0.3 is 6.03 Å². The Morgan fingerprint density at radius 3 is 2.34 bits per heavy atom. The lowest BCUT2D eigenvalue weighted by Crippen LogP contribution is -2.56. The molecular weight excluding hydrogens is 399 g/mol. The summed E-state index contributed by atoms with van der Waals surface area (Å²) in [5, 5.41) is 10.3. The van der Waals surface area contributed by atoms with E-state index in [4.69, 9.17) is 12.2 Å². The molecular formula is C19H27FN4O4S. The third-order valence-corrected chi connectivity index (χ3v) is 7.06. The van der Waals surface area contributed by atoms with E-state index in [0.717, 1.165) is 5.69 Å². The van der Waals surface area contributed by atoms with E-state index in [1.54, 1.807) is 26.0 Å². The molecule has 1 unspecified atom stereocenters. The first-order chi connectivity index (χ1) is 13.5. The first kappa shape index (κ1) is 22.9. The van der Waals surface area contributed by atoms with E-state index < -0.39 is 33.3 Å². The number of benzene rings is 1. The van der Waals surface area contributed by atoms with Gasteiger partial charge in [-0.25, -0.2) is 22.7 Å². The molecule has 0 bridgehead atoms. The van der Waals surface area contributed by atoms with Gasteiger partial charge in [-0.15, -0.1) is 12.3 Å². The Labute approximate surface area is 171 Å². The predicted octanol–water partition coefficient (Wildman–Crippen LogP) is 1.47. The van der Waals surface area contributed by atoms with Crippen LogP contribution in [-0.4, -0.2) is 67.0 Å². The fourth-order valence-electron chi connectivity index (χ4n) is 3.34. The first-order valence-electron chi connectivity index (χ1n) is 9.17. The minimum absolute atomic E-state index is 0.149. The zero-order chi connectivity index (χ0) is 21.8. The van der Waals surface area contributed by atoms with Crippen LogP contribution in [0.15, 0.2) is 24.3 Å². The molecule has 1 aromatic rings. The van der Waals surface area contributed by atoms with Crippen molar-refractivity contribution >= 4 is 21.7 Å². The number of terminal acetylenes is 1. The van der Waals surface area contributed by atoms with Crippen molar-refractivity contribution in [1.82, 2.24) is 9.37 Å². The van der Waals surface area contributed by atoms with Gasteiger partial charge in [0.25, 0.3) is 0 Å². The molecule has 2 rings (SSSR count). The van der Waals surface area contributed by atoms with Crippen molar-refractivity contribution in [1.29, 1.82) is 0 Å². The highest BCUT2D eigenvalue weighted by Gasteiger charge is 2.41. The average Bonchev–Trinajstić information content (AvgIpc) is 2.66. The number of halogens is 1. The van der Waals surface area contributed by atoms with Crippen molar-refractivity contribution in [2.24, 2.45) is 11.1 Å². The zero-order valence-electron chi connectivity index (χ0n) is 16.6. The highest BCUT2D eigenvalue weighted by molar-refractivity contribution is 7.89. The lowest BCUT2D eigenvalue weighted by molar-refractivity contribution is -0.0998. The summed E-state index contributed by atoms with van der Waals surface area (Å²) < 4.78 is 40.4. The zero-order valence-corrected chi connectivity index (χ0v) is 17.4. The highest BCUT2D eigenvalue weighted by Crippen LogP contribution is 2.30. The molecule has 8 nitrogen and oxygen atoms in total. The van der Waals surface area contributed by atoms with Gasteiger partial charge in [0.2, 0.25) is 10.0 Å². The van der Waals surface area contributed by atoms with Crippen molar-refractivity contribution in [2.75, 3.05) is 36.8 Å². The molecule has 1 aliphatic rings.